The number of esters is 1. The van der Waals surface area contributed by atoms with Crippen LogP contribution in [0.15, 0.2) is 23.1 Å². The van der Waals surface area contributed by atoms with E-state index in [1.165, 1.54) is 22.4 Å². The zero-order chi connectivity index (χ0) is 22.3. The number of ether oxygens (including phenoxy) is 3. The van der Waals surface area contributed by atoms with Gasteiger partial charge in [0, 0.05) is 19.1 Å². The summed E-state index contributed by atoms with van der Waals surface area (Å²) in [4.78, 5) is 26.1. The fourth-order valence-corrected chi connectivity index (χ4v) is 4.75. The maximum absolute atomic E-state index is 13.1. The standard InChI is InChI=1S/C20H30N2O7S/c1-5-29-20(24)14-22(15(2)3)19(23)13-16-6-7-17(27-4)18(12-16)30(25,26)21-8-10-28-11-9-21/h6-7,12,15H,5,8-11,13-14H2,1-4H3. The van der Waals surface area contributed by atoms with E-state index in [4.69, 9.17) is 14.2 Å². The van der Waals surface area contributed by atoms with E-state index >= 15 is 0 Å². The van der Waals surface area contributed by atoms with Crippen molar-refractivity contribution in [3.05, 3.63) is 23.8 Å². The van der Waals surface area contributed by atoms with Crippen molar-refractivity contribution in [1.82, 2.24) is 9.21 Å². The van der Waals surface area contributed by atoms with Gasteiger partial charge in [0.25, 0.3) is 0 Å². The second-order valence-corrected chi connectivity index (χ2v) is 9.01. The predicted molar refractivity (Wildman–Crippen MR) is 110 cm³/mol. The Morgan fingerprint density at radius 2 is 1.90 bits per heavy atom. The number of morpholine rings is 1. The molecule has 0 N–H and O–H groups in total. The monoisotopic (exact) mass is 442 g/mol. The minimum absolute atomic E-state index is 0.0127. The van der Waals surface area contributed by atoms with Crippen LogP contribution in [0, 0.1) is 0 Å². The minimum atomic E-state index is -3.80. The van der Waals surface area contributed by atoms with E-state index in [0.717, 1.165) is 0 Å². The molecule has 0 bridgehead atoms. The van der Waals surface area contributed by atoms with Crippen molar-refractivity contribution in [3.8, 4) is 5.75 Å². The number of hydrogen-bond donors (Lipinski definition) is 0. The highest BCUT2D eigenvalue weighted by molar-refractivity contribution is 7.89. The van der Waals surface area contributed by atoms with E-state index in [1.807, 2.05) is 0 Å². The Balaban J connectivity index is 2.26. The topological polar surface area (TPSA) is 102 Å². The summed E-state index contributed by atoms with van der Waals surface area (Å²) < 4.78 is 43.0. The van der Waals surface area contributed by atoms with Gasteiger partial charge in [0.1, 0.15) is 17.2 Å². The number of benzene rings is 1. The van der Waals surface area contributed by atoms with Crippen LogP contribution in [-0.4, -0.2) is 82.1 Å². The molecule has 1 fully saturated rings. The first-order valence-corrected chi connectivity index (χ1v) is 11.3. The Morgan fingerprint density at radius 1 is 1.23 bits per heavy atom. The average molecular weight is 443 g/mol. The molecule has 1 amide bonds. The third-order valence-corrected chi connectivity index (χ3v) is 6.64. The van der Waals surface area contributed by atoms with Crippen molar-refractivity contribution < 1.29 is 32.2 Å². The minimum Gasteiger partial charge on any atom is -0.495 e. The highest BCUT2D eigenvalue weighted by atomic mass is 32.2. The first kappa shape index (κ1) is 24.1. The van der Waals surface area contributed by atoms with Crippen molar-refractivity contribution in [3.63, 3.8) is 0 Å². The summed E-state index contributed by atoms with van der Waals surface area (Å²) in [5, 5.41) is 0. The van der Waals surface area contributed by atoms with Gasteiger partial charge < -0.3 is 19.1 Å². The molecular weight excluding hydrogens is 412 g/mol. The van der Waals surface area contributed by atoms with Gasteiger partial charge in [-0.25, -0.2) is 8.42 Å². The number of hydrogen-bond acceptors (Lipinski definition) is 7. The summed E-state index contributed by atoms with van der Waals surface area (Å²) in [5.74, 6) is -0.562. The SMILES string of the molecule is CCOC(=O)CN(C(=O)Cc1ccc(OC)c(S(=O)(=O)N2CCOCC2)c1)C(C)C. The summed E-state index contributed by atoms with van der Waals surface area (Å²) in [6.07, 6.45) is -0.0484. The van der Waals surface area contributed by atoms with Gasteiger partial charge in [-0.2, -0.15) is 4.31 Å². The van der Waals surface area contributed by atoms with Gasteiger partial charge in [0.2, 0.25) is 15.9 Å². The van der Waals surface area contributed by atoms with E-state index in [2.05, 4.69) is 0 Å². The molecule has 168 valence electrons. The maximum atomic E-state index is 13.1. The molecule has 10 heteroatoms. The number of nitrogens with zero attached hydrogens (tertiary/aromatic N) is 2. The van der Waals surface area contributed by atoms with Crippen LogP contribution in [0.25, 0.3) is 0 Å². The second-order valence-electron chi connectivity index (χ2n) is 7.10. The fraction of sp³-hybridized carbons (Fsp3) is 0.600. The van der Waals surface area contributed by atoms with Gasteiger partial charge >= 0.3 is 5.97 Å². The van der Waals surface area contributed by atoms with Gasteiger partial charge in [-0.15, -0.1) is 0 Å². The molecule has 1 heterocycles. The number of sulfonamides is 1. The molecule has 0 spiro atoms. The Hall–Kier alpha value is -2.17. The predicted octanol–water partition coefficient (Wildman–Crippen LogP) is 1.06. The van der Waals surface area contributed by atoms with Gasteiger partial charge in [0.05, 0.1) is 33.4 Å². The van der Waals surface area contributed by atoms with Crippen LogP contribution in [-0.2, 0) is 35.5 Å². The smallest absolute Gasteiger partial charge is 0.325 e. The Labute approximate surface area is 177 Å². The summed E-state index contributed by atoms with van der Waals surface area (Å²) in [6, 6.07) is 4.44. The van der Waals surface area contributed by atoms with Gasteiger partial charge in [-0.1, -0.05) is 6.07 Å². The molecule has 30 heavy (non-hydrogen) atoms. The van der Waals surface area contributed by atoms with Crippen molar-refractivity contribution in [1.29, 1.82) is 0 Å². The summed E-state index contributed by atoms with van der Waals surface area (Å²) in [6.45, 7) is 6.57. The highest BCUT2D eigenvalue weighted by Gasteiger charge is 2.30. The van der Waals surface area contributed by atoms with E-state index < -0.39 is 16.0 Å². The van der Waals surface area contributed by atoms with Crippen LogP contribution in [0.5, 0.6) is 5.75 Å². The zero-order valence-corrected chi connectivity index (χ0v) is 18.7. The molecule has 0 saturated carbocycles. The largest absolute Gasteiger partial charge is 0.495 e. The Kier molecular flexibility index (Phi) is 8.63. The van der Waals surface area contributed by atoms with E-state index in [0.29, 0.717) is 18.8 Å². The molecule has 9 nitrogen and oxygen atoms in total. The molecule has 1 aliphatic heterocycles. The van der Waals surface area contributed by atoms with Crippen LogP contribution in [0.1, 0.15) is 26.3 Å². The third-order valence-electron chi connectivity index (χ3n) is 4.72. The lowest BCUT2D eigenvalue weighted by Crippen LogP contribution is -2.42. The normalized spacial score (nSPS) is 15.1. The molecule has 1 saturated heterocycles. The van der Waals surface area contributed by atoms with Gasteiger partial charge in [-0.3, -0.25) is 9.59 Å². The van der Waals surface area contributed by atoms with Crippen LogP contribution in [0.2, 0.25) is 0 Å². The lowest BCUT2D eigenvalue weighted by atomic mass is 10.1. The average Bonchev–Trinajstić information content (AvgIpc) is 2.72. The molecule has 2 rings (SSSR count). The van der Waals surface area contributed by atoms with Crippen LogP contribution >= 0.6 is 0 Å². The van der Waals surface area contributed by atoms with Gasteiger partial charge in [0.15, 0.2) is 0 Å². The van der Waals surface area contributed by atoms with E-state index in [-0.39, 0.29) is 55.3 Å². The lowest BCUT2D eigenvalue weighted by molar-refractivity contribution is -0.149. The quantitative estimate of drug-likeness (QED) is 0.527. The van der Waals surface area contributed by atoms with E-state index in [9.17, 15) is 18.0 Å². The van der Waals surface area contributed by atoms with Crippen molar-refractivity contribution >= 4 is 21.9 Å². The number of carbonyl (C=O) groups is 2. The molecule has 1 aromatic rings. The zero-order valence-electron chi connectivity index (χ0n) is 17.9. The van der Waals surface area contributed by atoms with Crippen molar-refractivity contribution in [2.75, 3.05) is 46.6 Å². The molecule has 0 unspecified atom stereocenters. The molecule has 0 aliphatic carbocycles. The first-order valence-electron chi connectivity index (χ1n) is 9.90. The van der Waals surface area contributed by atoms with Crippen molar-refractivity contribution in [2.45, 2.75) is 38.1 Å². The van der Waals surface area contributed by atoms with Gasteiger partial charge in [-0.05, 0) is 38.5 Å². The van der Waals surface area contributed by atoms with Crippen LogP contribution in [0.4, 0.5) is 0 Å². The Morgan fingerprint density at radius 3 is 2.47 bits per heavy atom. The Bertz CT molecular complexity index is 849. The first-order chi connectivity index (χ1) is 14.2. The molecule has 1 aliphatic rings. The molecule has 0 aromatic heterocycles. The number of carbonyl (C=O) groups excluding carboxylic acids is 2. The third kappa shape index (κ3) is 5.93. The van der Waals surface area contributed by atoms with E-state index in [1.54, 1.807) is 32.9 Å². The summed E-state index contributed by atoms with van der Waals surface area (Å²) >= 11 is 0. The number of amides is 1. The molecule has 1 aromatic carbocycles. The lowest BCUT2D eigenvalue weighted by Gasteiger charge is -2.27. The second kappa shape index (κ2) is 10.7. The number of methoxy groups -OCH3 is 1. The molecular formula is C20H30N2O7S. The highest BCUT2D eigenvalue weighted by Crippen LogP contribution is 2.28. The fourth-order valence-electron chi connectivity index (χ4n) is 3.14. The molecule has 0 radical (unpaired) electrons. The maximum Gasteiger partial charge on any atom is 0.325 e. The molecule has 0 atom stereocenters. The number of rotatable bonds is 9. The van der Waals surface area contributed by atoms with Crippen LogP contribution < -0.4 is 4.74 Å². The van der Waals surface area contributed by atoms with Crippen LogP contribution in [0.3, 0.4) is 0 Å². The van der Waals surface area contributed by atoms with Crippen molar-refractivity contribution in [2.24, 2.45) is 0 Å². The summed E-state index contributed by atoms with van der Waals surface area (Å²) in [7, 11) is -2.40. The summed E-state index contributed by atoms with van der Waals surface area (Å²) in [5.41, 5.74) is 0.516.